The molecule has 0 unspecified atom stereocenters. The lowest BCUT2D eigenvalue weighted by atomic mass is 10.2. The van der Waals surface area contributed by atoms with Crippen LogP contribution in [0.5, 0.6) is 0 Å². The smallest absolute Gasteiger partial charge is 0.308 e. The van der Waals surface area contributed by atoms with E-state index in [1.165, 1.54) is 11.3 Å². The van der Waals surface area contributed by atoms with Crippen LogP contribution in [-0.2, 0) is 22.6 Å². The van der Waals surface area contributed by atoms with Gasteiger partial charge in [-0.15, -0.1) is 11.3 Å². The van der Waals surface area contributed by atoms with Gasteiger partial charge in [-0.25, -0.2) is 4.98 Å². The van der Waals surface area contributed by atoms with E-state index < -0.39 is 5.97 Å². The van der Waals surface area contributed by atoms with Crippen molar-refractivity contribution in [2.24, 2.45) is 0 Å². The van der Waals surface area contributed by atoms with Gasteiger partial charge in [-0.1, -0.05) is 0 Å². The summed E-state index contributed by atoms with van der Waals surface area (Å²) in [5.41, 5.74) is 0.995. The van der Waals surface area contributed by atoms with Crippen molar-refractivity contribution in [1.29, 1.82) is 0 Å². The molecule has 1 aliphatic rings. The molecule has 0 atom stereocenters. The van der Waals surface area contributed by atoms with Crippen LogP contribution in [0.25, 0.3) is 0 Å². The summed E-state index contributed by atoms with van der Waals surface area (Å²) in [5, 5.41) is 9.67. The average molecular weight is 227 g/mol. The lowest BCUT2D eigenvalue weighted by molar-refractivity contribution is -0.136. The van der Waals surface area contributed by atoms with Crippen molar-refractivity contribution < 1.29 is 14.6 Å². The molecule has 5 heteroatoms. The number of thiazole rings is 1. The van der Waals surface area contributed by atoms with Crippen molar-refractivity contribution in [1.82, 2.24) is 4.98 Å². The Hall–Kier alpha value is -0.940. The monoisotopic (exact) mass is 227 g/mol. The maximum Gasteiger partial charge on any atom is 0.308 e. The number of rotatable bonds is 5. The minimum Gasteiger partial charge on any atom is -0.481 e. The second-order valence-electron chi connectivity index (χ2n) is 3.69. The number of hydrogen-bond donors (Lipinski definition) is 1. The Morgan fingerprint density at radius 2 is 2.40 bits per heavy atom. The van der Waals surface area contributed by atoms with E-state index in [1.807, 2.05) is 0 Å². The number of hydrogen-bond acceptors (Lipinski definition) is 4. The fourth-order valence-electron chi connectivity index (χ4n) is 1.54. The van der Waals surface area contributed by atoms with Crippen molar-refractivity contribution in [2.75, 3.05) is 7.11 Å². The number of aliphatic carboxylic acids is 1. The Bertz CT molecular complexity index is 371. The highest BCUT2D eigenvalue weighted by Crippen LogP contribution is 2.42. The number of ether oxygens (including phenoxy) is 1. The van der Waals surface area contributed by atoms with E-state index in [4.69, 9.17) is 9.84 Å². The molecule has 2 rings (SSSR count). The van der Waals surface area contributed by atoms with Gasteiger partial charge >= 0.3 is 5.97 Å². The minimum absolute atomic E-state index is 0.0905. The Morgan fingerprint density at radius 1 is 1.67 bits per heavy atom. The van der Waals surface area contributed by atoms with Crippen molar-refractivity contribution in [2.45, 2.75) is 31.8 Å². The highest BCUT2D eigenvalue weighted by atomic mass is 32.1. The third-order valence-corrected chi connectivity index (χ3v) is 3.36. The van der Waals surface area contributed by atoms with Gasteiger partial charge in [0.25, 0.3) is 0 Å². The third-order valence-electron chi connectivity index (χ3n) is 2.32. The quantitative estimate of drug-likeness (QED) is 0.833. The maximum absolute atomic E-state index is 10.7. The van der Waals surface area contributed by atoms with Gasteiger partial charge in [0, 0.05) is 17.9 Å². The first-order chi connectivity index (χ1) is 7.20. The second-order valence-corrected chi connectivity index (χ2v) is 4.86. The SMILES string of the molecule is COCc1nc(C2CC2)c(CC(=O)O)s1. The Labute approximate surface area is 91.9 Å². The molecular formula is C10H13NO3S. The average Bonchev–Trinajstić information content (AvgIpc) is 2.91. The normalized spacial score (nSPS) is 15.5. The topological polar surface area (TPSA) is 59.4 Å². The zero-order chi connectivity index (χ0) is 10.8. The zero-order valence-electron chi connectivity index (χ0n) is 8.52. The Balaban J connectivity index is 2.20. The van der Waals surface area contributed by atoms with Gasteiger partial charge in [-0.2, -0.15) is 0 Å². The van der Waals surface area contributed by atoms with Crippen molar-refractivity contribution in [3.8, 4) is 0 Å². The summed E-state index contributed by atoms with van der Waals surface area (Å²) in [6.45, 7) is 0.476. The predicted molar refractivity (Wildman–Crippen MR) is 56.1 cm³/mol. The van der Waals surface area contributed by atoms with Gasteiger partial charge in [-0.05, 0) is 12.8 Å². The zero-order valence-corrected chi connectivity index (χ0v) is 9.34. The van der Waals surface area contributed by atoms with Crippen LogP contribution in [0.3, 0.4) is 0 Å². The number of carbonyl (C=O) groups is 1. The second kappa shape index (κ2) is 4.28. The van der Waals surface area contributed by atoms with Crippen LogP contribution in [0.4, 0.5) is 0 Å². The lowest BCUT2D eigenvalue weighted by Crippen LogP contribution is -2.00. The van der Waals surface area contributed by atoms with E-state index in [9.17, 15) is 4.79 Å². The molecule has 1 aromatic heterocycles. The maximum atomic E-state index is 10.7. The van der Waals surface area contributed by atoms with Crippen LogP contribution < -0.4 is 0 Å². The number of aromatic nitrogens is 1. The van der Waals surface area contributed by atoms with Crippen LogP contribution in [-0.4, -0.2) is 23.2 Å². The van der Waals surface area contributed by atoms with Crippen molar-refractivity contribution >= 4 is 17.3 Å². The summed E-state index contributed by atoms with van der Waals surface area (Å²) in [7, 11) is 1.62. The Morgan fingerprint density at radius 3 is 2.93 bits per heavy atom. The number of nitrogens with zero attached hydrogens (tertiary/aromatic N) is 1. The van der Waals surface area contributed by atoms with Crippen molar-refractivity contribution in [3.63, 3.8) is 0 Å². The molecule has 4 nitrogen and oxygen atoms in total. The van der Waals surface area contributed by atoms with Crippen LogP contribution in [0, 0.1) is 0 Å². The van der Waals surface area contributed by atoms with E-state index in [-0.39, 0.29) is 6.42 Å². The predicted octanol–water partition coefficient (Wildman–Crippen LogP) is 1.79. The molecule has 0 aliphatic heterocycles. The first kappa shape index (κ1) is 10.6. The summed E-state index contributed by atoms with van der Waals surface area (Å²) in [4.78, 5) is 16.0. The van der Waals surface area contributed by atoms with Crippen LogP contribution >= 0.6 is 11.3 Å². The van der Waals surface area contributed by atoms with E-state index >= 15 is 0 Å². The van der Waals surface area contributed by atoms with Gasteiger partial charge < -0.3 is 9.84 Å². The Kier molecular flexibility index (Phi) is 3.02. The standard InChI is InChI=1S/C10H13NO3S/c1-14-5-8-11-10(6-2-3-6)7(15-8)4-9(12)13/h6H,2-5H2,1H3,(H,12,13). The third kappa shape index (κ3) is 2.54. The van der Waals surface area contributed by atoms with Gasteiger partial charge in [-0.3, -0.25) is 4.79 Å². The molecule has 1 heterocycles. The van der Waals surface area contributed by atoms with Gasteiger partial charge in [0.15, 0.2) is 0 Å². The summed E-state index contributed by atoms with van der Waals surface area (Å²) in [5.74, 6) is -0.286. The van der Waals surface area contributed by atoms with Gasteiger partial charge in [0.2, 0.25) is 0 Å². The van der Waals surface area contributed by atoms with Crippen LogP contribution in [0.2, 0.25) is 0 Å². The van der Waals surface area contributed by atoms with E-state index in [0.717, 1.165) is 28.4 Å². The molecule has 0 bridgehead atoms. The molecule has 0 spiro atoms. The molecule has 1 aliphatic carbocycles. The first-order valence-electron chi connectivity index (χ1n) is 4.90. The lowest BCUT2D eigenvalue weighted by Gasteiger charge is -1.94. The minimum atomic E-state index is -0.787. The molecule has 1 aromatic rings. The van der Waals surface area contributed by atoms with Gasteiger partial charge in [0.1, 0.15) is 5.01 Å². The molecule has 0 amide bonds. The fourth-order valence-corrected chi connectivity index (χ4v) is 2.66. The largest absolute Gasteiger partial charge is 0.481 e. The fraction of sp³-hybridized carbons (Fsp3) is 0.600. The van der Waals surface area contributed by atoms with Crippen LogP contribution in [0.15, 0.2) is 0 Å². The number of carboxylic acid groups (broad SMARTS) is 1. The number of methoxy groups -OCH3 is 1. The first-order valence-corrected chi connectivity index (χ1v) is 5.71. The molecule has 0 radical (unpaired) electrons. The molecule has 1 N–H and O–H groups in total. The molecule has 0 saturated heterocycles. The highest BCUT2D eigenvalue weighted by Gasteiger charge is 2.30. The molecular weight excluding hydrogens is 214 g/mol. The van der Waals surface area contributed by atoms with Gasteiger partial charge in [0.05, 0.1) is 18.7 Å². The summed E-state index contributed by atoms with van der Waals surface area (Å²) >= 11 is 1.46. The van der Waals surface area contributed by atoms with E-state index in [1.54, 1.807) is 7.11 Å². The molecule has 1 saturated carbocycles. The number of carboxylic acids is 1. The molecule has 0 aromatic carbocycles. The molecule has 1 fully saturated rings. The molecule has 82 valence electrons. The highest BCUT2D eigenvalue weighted by molar-refractivity contribution is 7.11. The molecule has 15 heavy (non-hydrogen) atoms. The van der Waals surface area contributed by atoms with E-state index in [0.29, 0.717) is 12.5 Å². The van der Waals surface area contributed by atoms with Crippen LogP contribution in [0.1, 0.15) is 34.3 Å². The summed E-state index contributed by atoms with van der Waals surface area (Å²) in [6, 6.07) is 0. The van der Waals surface area contributed by atoms with E-state index in [2.05, 4.69) is 4.98 Å². The summed E-state index contributed by atoms with van der Waals surface area (Å²) < 4.78 is 5.00. The summed E-state index contributed by atoms with van der Waals surface area (Å²) in [6.07, 6.45) is 2.37. The van der Waals surface area contributed by atoms with Crippen molar-refractivity contribution in [3.05, 3.63) is 15.6 Å².